The van der Waals surface area contributed by atoms with Crippen molar-refractivity contribution in [3.05, 3.63) is 190 Å². The van der Waals surface area contributed by atoms with Crippen LogP contribution in [0.25, 0.3) is 44.7 Å². The molecule has 9 aromatic rings. The lowest BCUT2D eigenvalue weighted by atomic mass is 9.77. The van der Waals surface area contributed by atoms with Crippen molar-refractivity contribution in [3.63, 3.8) is 0 Å². The van der Waals surface area contributed by atoms with E-state index < -0.39 is 5.54 Å². The van der Waals surface area contributed by atoms with E-state index in [1.807, 2.05) is 59.3 Å². The van der Waals surface area contributed by atoms with Crippen LogP contribution < -0.4 is 5.56 Å². The lowest BCUT2D eigenvalue weighted by Gasteiger charge is -2.36. The van der Waals surface area contributed by atoms with Crippen LogP contribution in [0.2, 0.25) is 0 Å². The molecule has 1 N–H and O–H groups in total. The number of fused-ring (bicyclic) bond motifs is 2. The summed E-state index contributed by atoms with van der Waals surface area (Å²) >= 11 is 0. The predicted octanol–water partition coefficient (Wildman–Crippen LogP) is 9.02. The van der Waals surface area contributed by atoms with E-state index >= 15 is 0 Å². The van der Waals surface area contributed by atoms with Gasteiger partial charge in [0.15, 0.2) is 5.82 Å². The Balaban J connectivity index is 1.16. The summed E-state index contributed by atoms with van der Waals surface area (Å²) < 4.78 is 10.6. The van der Waals surface area contributed by atoms with Gasteiger partial charge in [0.05, 0.1) is 5.52 Å². The number of benzene rings is 5. The van der Waals surface area contributed by atoms with Crippen LogP contribution in [0.1, 0.15) is 47.8 Å². The molecule has 0 aliphatic heterocycles. The van der Waals surface area contributed by atoms with Crippen LogP contribution in [0, 0.1) is 0 Å². The van der Waals surface area contributed by atoms with Gasteiger partial charge in [-0.15, -0.1) is 5.10 Å². The summed E-state index contributed by atoms with van der Waals surface area (Å²) in [6, 6.07) is 49.4. The van der Waals surface area contributed by atoms with E-state index in [2.05, 4.69) is 113 Å². The maximum absolute atomic E-state index is 13.0. The number of hydrogen-bond acceptors (Lipinski definition) is 6. The van der Waals surface area contributed by atoms with Crippen LogP contribution in [0.5, 0.6) is 0 Å². The minimum Gasteiger partial charge on any atom is -0.456 e. The van der Waals surface area contributed by atoms with Crippen molar-refractivity contribution in [1.82, 2.24) is 34.7 Å². The van der Waals surface area contributed by atoms with Crippen LogP contribution in [0.3, 0.4) is 0 Å². The zero-order valence-corrected chi connectivity index (χ0v) is 29.8. The first-order valence-corrected chi connectivity index (χ1v) is 18.3. The molecule has 0 amide bonds. The molecule has 264 valence electrons. The van der Waals surface area contributed by atoms with Gasteiger partial charge in [-0.25, -0.2) is 9.67 Å². The Hall–Kier alpha value is -6.87. The fraction of sp³-hybridized carbons (Fsp3) is 0.133. The second kappa shape index (κ2) is 13.9. The average molecular weight is 708 g/mol. The molecule has 5 aromatic carbocycles. The van der Waals surface area contributed by atoms with Gasteiger partial charge in [0.2, 0.25) is 0 Å². The van der Waals surface area contributed by atoms with Crippen LogP contribution in [0.15, 0.2) is 161 Å². The summed E-state index contributed by atoms with van der Waals surface area (Å²) in [4.78, 5) is 20.6. The monoisotopic (exact) mass is 707 g/mol. The van der Waals surface area contributed by atoms with Crippen molar-refractivity contribution >= 4 is 22.0 Å². The summed E-state index contributed by atoms with van der Waals surface area (Å²) in [5, 5.41) is 14.8. The Morgan fingerprint density at radius 3 is 2.06 bits per heavy atom. The standard InChI is InChI=1S/C45H37N7O2/c1-2-3-23-41-47-38-26-27-46-44(53)42(38)51(41)30-31-24-25-39-32(28-31)29-40(54-39)36-21-13-14-22-37(36)43-48-49-50-52(43)45(33-15-7-4-8-16-33,34-17-9-5-10-18-34)35-19-11-6-12-20-35/h4-22,24-29H,2-3,23,30H2,1H3,(H,46,53). The molecule has 0 unspecified atom stereocenters. The van der Waals surface area contributed by atoms with Gasteiger partial charge >= 0.3 is 0 Å². The van der Waals surface area contributed by atoms with Gasteiger partial charge in [0.1, 0.15) is 28.2 Å². The number of unbranched alkanes of at least 4 members (excludes halogenated alkanes) is 1. The number of aromatic amines is 1. The minimum absolute atomic E-state index is 0.135. The third-order valence-corrected chi connectivity index (χ3v) is 10.2. The third-order valence-electron chi connectivity index (χ3n) is 10.2. The number of furan rings is 1. The quantitative estimate of drug-likeness (QED) is 0.135. The zero-order valence-electron chi connectivity index (χ0n) is 29.8. The highest BCUT2D eigenvalue weighted by molar-refractivity contribution is 5.87. The van der Waals surface area contributed by atoms with Crippen LogP contribution in [-0.2, 0) is 18.5 Å². The first-order valence-electron chi connectivity index (χ1n) is 18.3. The highest BCUT2D eigenvalue weighted by atomic mass is 16.3. The number of aromatic nitrogens is 7. The molecule has 9 nitrogen and oxygen atoms in total. The summed E-state index contributed by atoms with van der Waals surface area (Å²) in [5.41, 5.74) is 6.85. The number of imidazole rings is 1. The molecule has 9 heteroatoms. The first-order chi connectivity index (χ1) is 26.6. The number of aryl methyl sites for hydroxylation is 1. The average Bonchev–Trinajstić information content (AvgIpc) is 3.97. The highest BCUT2D eigenvalue weighted by Gasteiger charge is 2.42. The maximum atomic E-state index is 13.0. The van der Waals surface area contributed by atoms with Gasteiger partial charge in [-0.05, 0) is 63.4 Å². The topological polar surface area (TPSA) is 107 Å². The van der Waals surface area contributed by atoms with Crippen LogP contribution in [-0.4, -0.2) is 34.7 Å². The lowest BCUT2D eigenvalue weighted by Crippen LogP contribution is -2.39. The number of tetrazole rings is 1. The second-order valence-electron chi connectivity index (χ2n) is 13.5. The fourth-order valence-electron chi connectivity index (χ4n) is 7.72. The smallest absolute Gasteiger partial charge is 0.274 e. The van der Waals surface area contributed by atoms with Crippen molar-refractivity contribution in [2.24, 2.45) is 0 Å². The van der Waals surface area contributed by atoms with E-state index in [0.29, 0.717) is 29.2 Å². The van der Waals surface area contributed by atoms with Crippen LogP contribution in [0.4, 0.5) is 0 Å². The van der Waals surface area contributed by atoms with E-state index in [0.717, 1.165) is 69.4 Å². The number of H-pyrrole nitrogens is 1. The Bertz CT molecular complexity index is 2670. The van der Waals surface area contributed by atoms with Crippen molar-refractivity contribution < 1.29 is 4.42 Å². The van der Waals surface area contributed by atoms with Crippen molar-refractivity contribution in [1.29, 1.82) is 0 Å². The minimum atomic E-state index is -0.895. The number of nitrogens with zero attached hydrogens (tertiary/aromatic N) is 6. The van der Waals surface area contributed by atoms with E-state index in [4.69, 9.17) is 19.7 Å². The number of rotatable bonds is 11. The van der Waals surface area contributed by atoms with Crippen molar-refractivity contribution in [3.8, 4) is 22.7 Å². The van der Waals surface area contributed by atoms with E-state index in [1.54, 1.807) is 6.20 Å². The zero-order chi connectivity index (χ0) is 36.5. The predicted molar refractivity (Wildman–Crippen MR) is 211 cm³/mol. The van der Waals surface area contributed by atoms with Gasteiger partial charge in [-0.1, -0.05) is 135 Å². The number of hydrogen-bond donors (Lipinski definition) is 1. The normalized spacial score (nSPS) is 11.8. The van der Waals surface area contributed by atoms with Crippen molar-refractivity contribution in [2.45, 2.75) is 38.3 Å². The molecule has 0 atom stereocenters. The molecule has 0 saturated carbocycles. The molecular formula is C45H37N7O2. The number of pyridine rings is 1. The summed E-state index contributed by atoms with van der Waals surface area (Å²) in [7, 11) is 0. The highest BCUT2D eigenvalue weighted by Crippen LogP contribution is 2.44. The summed E-state index contributed by atoms with van der Waals surface area (Å²) in [6.07, 6.45) is 4.51. The molecule has 0 spiro atoms. The SMILES string of the molecule is CCCCc1nc2cc[nH]c(=O)c2n1Cc1ccc2oc(-c3ccccc3-c3nnnn3C(c3ccccc3)(c3ccccc3)c3ccccc3)cc2c1. The van der Waals surface area contributed by atoms with Gasteiger partial charge in [-0.3, -0.25) is 4.79 Å². The molecule has 4 heterocycles. The second-order valence-corrected chi connectivity index (χ2v) is 13.5. The van der Waals surface area contributed by atoms with Crippen LogP contribution >= 0.6 is 0 Å². The Kier molecular flexibility index (Phi) is 8.51. The lowest BCUT2D eigenvalue weighted by molar-refractivity contribution is 0.451. The maximum Gasteiger partial charge on any atom is 0.274 e. The van der Waals surface area contributed by atoms with Gasteiger partial charge < -0.3 is 14.0 Å². The van der Waals surface area contributed by atoms with Gasteiger partial charge in [-0.2, -0.15) is 0 Å². The molecule has 0 aliphatic rings. The number of nitrogens with one attached hydrogen (secondary N) is 1. The molecule has 0 radical (unpaired) electrons. The molecule has 9 rings (SSSR count). The Labute approximate surface area is 311 Å². The Morgan fingerprint density at radius 2 is 1.39 bits per heavy atom. The molecule has 0 bridgehead atoms. The van der Waals surface area contributed by atoms with Gasteiger partial charge in [0.25, 0.3) is 5.56 Å². The fourth-order valence-corrected chi connectivity index (χ4v) is 7.72. The first kappa shape index (κ1) is 33.0. The third kappa shape index (κ3) is 5.61. The molecule has 0 aliphatic carbocycles. The molecule has 4 aromatic heterocycles. The molecule has 54 heavy (non-hydrogen) atoms. The molecule has 0 saturated heterocycles. The summed E-state index contributed by atoms with van der Waals surface area (Å²) in [6.45, 7) is 2.68. The van der Waals surface area contributed by atoms with Gasteiger partial charge in [0, 0.05) is 35.7 Å². The summed E-state index contributed by atoms with van der Waals surface area (Å²) in [5.74, 6) is 2.21. The largest absolute Gasteiger partial charge is 0.456 e. The van der Waals surface area contributed by atoms with E-state index in [9.17, 15) is 4.79 Å². The molecular weight excluding hydrogens is 671 g/mol. The van der Waals surface area contributed by atoms with E-state index in [1.165, 1.54) is 0 Å². The Morgan fingerprint density at radius 1 is 0.741 bits per heavy atom. The van der Waals surface area contributed by atoms with Crippen molar-refractivity contribution in [2.75, 3.05) is 0 Å². The molecule has 0 fully saturated rings. The van der Waals surface area contributed by atoms with E-state index in [-0.39, 0.29) is 5.56 Å².